The molecule has 0 aliphatic rings. The van der Waals surface area contributed by atoms with Gasteiger partial charge in [0, 0.05) is 0 Å². The molecular weight excluding hydrogens is 348 g/mol. The molecule has 0 spiro atoms. The van der Waals surface area contributed by atoms with E-state index in [2.05, 4.69) is 5.32 Å². The Morgan fingerprint density at radius 2 is 2.12 bits per heavy atom. The molecule has 0 aromatic carbocycles. The number of hydrogen-bond donors (Lipinski definition) is 1. The van der Waals surface area contributed by atoms with Crippen molar-refractivity contribution in [3.8, 4) is 0 Å². The predicted molar refractivity (Wildman–Crippen MR) is 92.1 cm³/mol. The molecule has 0 radical (unpaired) electrons. The Morgan fingerprint density at radius 1 is 1.40 bits per heavy atom. The fourth-order valence-corrected chi connectivity index (χ4v) is 3.17. The van der Waals surface area contributed by atoms with Crippen LogP contribution in [-0.2, 0) is 11.2 Å². The molecule has 0 unspecified atom stereocenters. The molecule has 0 aliphatic carbocycles. The molecule has 2 aromatic heterocycles. The van der Waals surface area contributed by atoms with Gasteiger partial charge in [0.15, 0.2) is 5.76 Å². The maximum atomic E-state index is 12.3. The minimum atomic E-state index is -0.729. The van der Waals surface area contributed by atoms with Crippen molar-refractivity contribution in [1.82, 2.24) is 0 Å². The van der Waals surface area contributed by atoms with Crippen molar-refractivity contribution in [2.75, 3.05) is 11.9 Å². The first-order valence-electron chi connectivity index (χ1n) is 7.66. The lowest BCUT2D eigenvalue weighted by molar-refractivity contribution is -0.402. The van der Waals surface area contributed by atoms with Crippen LogP contribution in [0.4, 0.5) is 10.9 Å². The fourth-order valence-electron chi connectivity index (χ4n) is 2.22. The first-order valence-corrected chi connectivity index (χ1v) is 8.54. The molecule has 0 bridgehead atoms. The summed E-state index contributed by atoms with van der Waals surface area (Å²) in [6, 6.07) is 2.31. The van der Waals surface area contributed by atoms with E-state index in [1.165, 1.54) is 17.4 Å². The SMILES string of the molecule is CCOC(=O)c1c(CC(C)C)csc1NC(=O)c1ccc([N+](=O)[O-])o1. The number of thiophene rings is 1. The van der Waals surface area contributed by atoms with Crippen LogP contribution in [0.25, 0.3) is 0 Å². The summed E-state index contributed by atoms with van der Waals surface area (Å²) in [6.45, 7) is 5.96. The molecule has 1 amide bonds. The van der Waals surface area contributed by atoms with Crippen molar-refractivity contribution in [2.45, 2.75) is 27.2 Å². The van der Waals surface area contributed by atoms with Crippen LogP contribution in [0.2, 0.25) is 0 Å². The monoisotopic (exact) mass is 366 g/mol. The van der Waals surface area contributed by atoms with Crippen LogP contribution in [0.15, 0.2) is 21.9 Å². The lowest BCUT2D eigenvalue weighted by atomic mass is 10.0. The molecule has 0 saturated heterocycles. The van der Waals surface area contributed by atoms with E-state index in [0.29, 0.717) is 22.9 Å². The third kappa shape index (κ3) is 4.44. The maximum absolute atomic E-state index is 12.3. The van der Waals surface area contributed by atoms with Gasteiger partial charge < -0.3 is 14.5 Å². The van der Waals surface area contributed by atoms with E-state index in [-0.39, 0.29) is 12.4 Å². The van der Waals surface area contributed by atoms with E-state index in [9.17, 15) is 19.7 Å². The van der Waals surface area contributed by atoms with E-state index in [4.69, 9.17) is 9.15 Å². The number of rotatable bonds is 7. The van der Waals surface area contributed by atoms with Crippen LogP contribution >= 0.6 is 11.3 Å². The zero-order valence-corrected chi connectivity index (χ0v) is 14.8. The number of amides is 1. The van der Waals surface area contributed by atoms with Crippen molar-refractivity contribution in [2.24, 2.45) is 5.92 Å². The molecule has 0 saturated carbocycles. The van der Waals surface area contributed by atoms with Crippen LogP contribution in [0.5, 0.6) is 0 Å². The van der Waals surface area contributed by atoms with E-state index < -0.39 is 22.7 Å². The average molecular weight is 366 g/mol. The van der Waals surface area contributed by atoms with E-state index in [0.717, 1.165) is 11.6 Å². The van der Waals surface area contributed by atoms with Gasteiger partial charge in [-0.25, -0.2) is 4.79 Å². The molecule has 8 nitrogen and oxygen atoms in total. The topological polar surface area (TPSA) is 112 Å². The highest BCUT2D eigenvalue weighted by Crippen LogP contribution is 2.31. The van der Waals surface area contributed by atoms with Gasteiger partial charge in [-0.3, -0.25) is 14.9 Å². The Balaban J connectivity index is 2.28. The van der Waals surface area contributed by atoms with Gasteiger partial charge in [-0.05, 0) is 36.3 Å². The minimum absolute atomic E-state index is 0.208. The smallest absolute Gasteiger partial charge is 0.433 e. The average Bonchev–Trinajstić information content (AvgIpc) is 3.14. The zero-order valence-electron chi connectivity index (χ0n) is 14.0. The molecule has 1 N–H and O–H groups in total. The number of hydrogen-bond acceptors (Lipinski definition) is 7. The highest BCUT2D eigenvalue weighted by molar-refractivity contribution is 7.15. The summed E-state index contributed by atoms with van der Waals surface area (Å²) in [5, 5.41) is 15.3. The van der Waals surface area contributed by atoms with Crippen LogP contribution in [0.1, 0.15) is 47.2 Å². The van der Waals surface area contributed by atoms with Crippen LogP contribution in [0, 0.1) is 16.0 Å². The first-order chi connectivity index (χ1) is 11.8. The largest absolute Gasteiger partial charge is 0.462 e. The Morgan fingerprint density at radius 3 is 2.68 bits per heavy atom. The Bertz CT molecular complexity index is 792. The summed E-state index contributed by atoms with van der Waals surface area (Å²) in [5.41, 5.74) is 1.11. The normalized spacial score (nSPS) is 10.7. The summed E-state index contributed by atoms with van der Waals surface area (Å²) < 4.78 is 9.95. The van der Waals surface area contributed by atoms with Crippen molar-refractivity contribution in [3.63, 3.8) is 0 Å². The van der Waals surface area contributed by atoms with Gasteiger partial charge in [-0.15, -0.1) is 11.3 Å². The molecule has 25 heavy (non-hydrogen) atoms. The molecule has 2 heterocycles. The molecule has 2 aromatic rings. The molecule has 2 rings (SSSR count). The van der Waals surface area contributed by atoms with Crippen molar-refractivity contribution < 1.29 is 23.7 Å². The van der Waals surface area contributed by atoms with Crippen molar-refractivity contribution >= 4 is 34.1 Å². The van der Waals surface area contributed by atoms with Crippen LogP contribution in [-0.4, -0.2) is 23.4 Å². The van der Waals surface area contributed by atoms with Crippen molar-refractivity contribution in [1.29, 1.82) is 0 Å². The second kappa shape index (κ2) is 7.93. The van der Waals surface area contributed by atoms with Crippen LogP contribution in [0.3, 0.4) is 0 Å². The Kier molecular flexibility index (Phi) is 5.92. The standard InChI is InChI=1S/C16H18N2O6S/c1-4-23-16(20)13-10(7-9(2)3)8-25-15(13)17-14(19)11-5-6-12(24-11)18(21)22/h5-6,8-9H,4,7H2,1-3H3,(H,17,19). The minimum Gasteiger partial charge on any atom is -0.462 e. The number of nitro groups is 1. The summed E-state index contributed by atoms with van der Waals surface area (Å²) in [4.78, 5) is 34.4. The number of ether oxygens (including phenoxy) is 1. The number of furan rings is 1. The highest BCUT2D eigenvalue weighted by Gasteiger charge is 2.24. The maximum Gasteiger partial charge on any atom is 0.433 e. The summed E-state index contributed by atoms with van der Waals surface area (Å²) in [5.74, 6) is -1.60. The molecule has 0 aliphatic heterocycles. The number of nitrogens with zero attached hydrogens (tertiary/aromatic N) is 1. The number of nitrogens with one attached hydrogen (secondary N) is 1. The van der Waals surface area contributed by atoms with E-state index in [1.54, 1.807) is 12.3 Å². The number of carbonyl (C=O) groups is 2. The third-order valence-electron chi connectivity index (χ3n) is 3.20. The molecule has 0 atom stereocenters. The second-order valence-corrected chi connectivity index (χ2v) is 6.51. The molecular formula is C16H18N2O6S. The van der Waals surface area contributed by atoms with E-state index in [1.807, 2.05) is 13.8 Å². The van der Waals surface area contributed by atoms with Gasteiger partial charge in [0.25, 0.3) is 5.91 Å². The summed E-state index contributed by atoms with van der Waals surface area (Å²) in [7, 11) is 0. The molecule has 0 fully saturated rings. The fraction of sp³-hybridized carbons (Fsp3) is 0.375. The van der Waals surface area contributed by atoms with Gasteiger partial charge >= 0.3 is 11.9 Å². The van der Waals surface area contributed by atoms with Gasteiger partial charge in [0.05, 0.1) is 18.2 Å². The predicted octanol–water partition coefficient (Wildman–Crippen LogP) is 3.88. The van der Waals surface area contributed by atoms with Gasteiger partial charge in [0.1, 0.15) is 9.92 Å². The number of carbonyl (C=O) groups excluding carboxylic acids is 2. The van der Waals surface area contributed by atoms with Crippen LogP contribution < -0.4 is 5.32 Å². The lowest BCUT2D eigenvalue weighted by Gasteiger charge is -2.09. The van der Waals surface area contributed by atoms with Crippen molar-refractivity contribution in [3.05, 3.63) is 44.5 Å². The quantitative estimate of drug-likeness (QED) is 0.452. The first kappa shape index (κ1) is 18.7. The molecule has 9 heteroatoms. The van der Waals surface area contributed by atoms with Gasteiger partial charge in [0.2, 0.25) is 0 Å². The Labute approximate surface area is 147 Å². The summed E-state index contributed by atoms with van der Waals surface area (Å²) >= 11 is 1.20. The van der Waals surface area contributed by atoms with Gasteiger partial charge in [-0.2, -0.15) is 0 Å². The number of esters is 1. The lowest BCUT2D eigenvalue weighted by Crippen LogP contribution is -2.15. The zero-order chi connectivity index (χ0) is 18.6. The van der Waals surface area contributed by atoms with Gasteiger partial charge in [-0.1, -0.05) is 13.8 Å². The third-order valence-corrected chi connectivity index (χ3v) is 4.14. The summed E-state index contributed by atoms with van der Waals surface area (Å²) in [6.07, 6.45) is 0.659. The highest BCUT2D eigenvalue weighted by atomic mass is 32.1. The second-order valence-electron chi connectivity index (χ2n) is 5.63. The van der Waals surface area contributed by atoms with E-state index >= 15 is 0 Å². The Hall–Kier alpha value is -2.68. The number of anilines is 1. The molecule has 134 valence electrons.